The van der Waals surface area contributed by atoms with Gasteiger partial charge in [0.2, 0.25) is 0 Å². The summed E-state index contributed by atoms with van der Waals surface area (Å²) in [4.78, 5) is 4.10. The molecule has 0 unspecified atom stereocenters. The van der Waals surface area contributed by atoms with Crippen LogP contribution in [0.4, 0.5) is 0 Å². The Kier molecular flexibility index (Phi) is 3.48. The quantitative estimate of drug-likeness (QED) is 0.823. The number of benzene rings is 1. The van der Waals surface area contributed by atoms with Crippen LogP contribution in [0.15, 0.2) is 24.4 Å². The van der Waals surface area contributed by atoms with Gasteiger partial charge in [-0.2, -0.15) is 0 Å². The number of aryl methyl sites for hydroxylation is 1. The second kappa shape index (κ2) is 4.73. The van der Waals surface area contributed by atoms with E-state index in [1.165, 1.54) is 0 Å². The van der Waals surface area contributed by atoms with E-state index in [1.54, 1.807) is 31.3 Å². The predicted octanol–water partition coefficient (Wildman–Crippen LogP) is 4.72. The summed E-state index contributed by atoms with van der Waals surface area (Å²) in [6.07, 6.45) is 1.59. The first-order valence-corrected chi connectivity index (χ1v) is 5.93. The molecule has 2 nitrogen and oxygen atoms in total. The van der Waals surface area contributed by atoms with E-state index in [0.29, 0.717) is 31.9 Å². The van der Waals surface area contributed by atoms with Gasteiger partial charge in [0.25, 0.3) is 0 Å². The van der Waals surface area contributed by atoms with Gasteiger partial charge in [0, 0.05) is 16.8 Å². The van der Waals surface area contributed by atoms with E-state index in [4.69, 9.17) is 34.8 Å². The molecule has 0 atom stereocenters. The first-order chi connectivity index (χ1) is 8.00. The standard InChI is InChI=1S/C12H8Cl3NO/c1-6-2-3-16-11(12(6)17)10-8(14)4-7(13)5-9(10)15/h2-5,17H,1H3. The number of halogens is 3. The van der Waals surface area contributed by atoms with E-state index in [0.717, 1.165) is 0 Å². The van der Waals surface area contributed by atoms with Gasteiger partial charge in [-0.1, -0.05) is 34.8 Å². The number of hydrogen-bond donors (Lipinski definition) is 1. The fraction of sp³-hybridized carbons (Fsp3) is 0.0833. The van der Waals surface area contributed by atoms with Gasteiger partial charge in [0.1, 0.15) is 11.4 Å². The molecule has 0 amide bonds. The number of rotatable bonds is 1. The third-order valence-corrected chi connectivity index (χ3v) is 3.18. The van der Waals surface area contributed by atoms with E-state index in [-0.39, 0.29) is 5.75 Å². The molecule has 2 rings (SSSR count). The lowest BCUT2D eigenvalue weighted by Gasteiger charge is -2.10. The zero-order chi connectivity index (χ0) is 12.6. The minimum absolute atomic E-state index is 0.0682. The lowest BCUT2D eigenvalue weighted by Crippen LogP contribution is -1.89. The van der Waals surface area contributed by atoms with Gasteiger partial charge >= 0.3 is 0 Å². The van der Waals surface area contributed by atoms with E-state index in [1.807, 2.05) is 0 Å². The van der Waals surface area contributed by atoms with E-state index < -0.39 is 0 Å². The zero-order valence-electron chi connectivity index (χ0n) is 8.84. The van der Waals surface area contributed by atoms with E-state index in [2.05, 4.69) is 4.98 Å². The summed E-state index contributed by atoms with van der Waals surface area (Å²) in [5, 5.41) is 11.1. The predicted molar refractivity (Wildman–Crippen MR) is 71.1 cm³/mol. The summed E-state index contributed by atoms with van der Waals surface area (Å²) in [6, 6.07) is 4.83. The third kappa shape index (κ3) is 2.34. The zero-order valence-corrected chi connectivity index (χ0v) is 11.1. The molecule has 2 aromatic rings. The van der Waals surface area contributed by atoms with Gasteiger partial charge in [0.15, 0.2) is 0 Å². The van der Waals surface area contributed by atoms with Crippen LogP contribution in [0.1, 0.15) is 5.56 Å². The molecule has 0 radical (unpaired) electrons. The Morgan fingerprint density at radius 3 is 2.29 bits per heavy atom. The summed E-state index contributed by atoms with van der Waals surface area (Å²) in [6.45, 7) is 1.78. The molecular weight excluding hydrogens is 280 g/mol. The molecular formula is C12H8Cl3NO. The van der Waals surface area contributed by atoms with Gasteiger partial charge in [-0.05, 0) is 30.7 Å². The van der Waals surface area contributed by atoms with Crippen LogP contribution in [0.5, 0.6) is 5.75 Å². The van der Waals surface area contributed by atoms with Crippen molar-refractivity contribution in [3.05, 3.63) is 45.0 Å². The van der Waals surface area contributed by atoms with Crippen molar-refractivity contribution < 1.29 is 5.11 Å². The molecule has 0 aliphatic heterocycles. The molecule has 5 heteroatoms. The van der Waals surface area contributed by atoms with Crippen molar-refractivity contribution in [3.8, 4) is 17.0 Å². The molecule has 1 aromatic carbocycles. The van der Waals surface area contributed by atoms with Gasteiger partial charge in [0.05, 0.1) is 10.0 Å². The van der Waals surface area contributed by atoms with Crippen molar-refractivity contribution >= 4 is 34.8 Å². The highest BCUT2D eigenvalue weighted by atomic mass is 35.5. The van der Waals surface area contributed by atoms with Crippen LogP contribution in [-0.4, -0.2) is 10.1 Å². The van der Waals surface area contributed by atoms with Crippen molar-refractivity contribution in [1.82, 2.24) is 4.98 Å². The van der Waals surface area contributed by atoms with Crippen LogP contribution in [-0.2, 0) is 0 Å². The fourth-order valence-corrected chi connectivity index (χ4v) is 2.50. The van der Waals surface area contributed by atoms with Crippen LogP contribution in [0.2, 0.25) is 15.1 Å². The van der Waals surface area contributed by atoms with Crippen molar-refractivity contribution in [1.29, 1.82) is 0 Å². The van der Waals surface area contributed by atoms with Crippen LogP contribution < -0.4 is 0 Å². The molecule has 1 aromatic heterocycles. The first-order valence-electron chi connectivity index (χ1n) is 4.80. The Hall–Kier alpha value is -0.960. The van der Waals surface area contributed by atoms with Crippen LogP contribution >= 0.6 is 34.8 Å². The van der Waals surface area contributed by atoms with E-state index >= 15 is 0 Å². The monoisotopic (exact) mass is 287 g/mol. The maximum absolute atomic E-state index is 9.96. The highest BCUT2D eigenvalue weighted by Gasteiger charge is 2.16. The molecule has 1 heterocycles. The minimum atomic E-state index is 0.0682. The topological polar surface area (TPSA) is 33.1 Å². The van der Waals surface area contributed by atoms with Crippen molar-refractivity contribution in [2.45, 2.75) is 6.92 Å². The van der Waals surface area contributed by atoms with Crippen molar-refractivity contribution in [2.75, 3.05) is 0 Å². The molecule has 0 saturated heterocycles. The lowest BCUT2D eigenvalue weighted by atomic mass is 10.1. The molecule has 0 saturated carbocycles. The van der Waals surface area contributed by atoms with Gasteiger partial charge in [-0.25, -0.2) is 0 Å². The Labute approximate surface area is 114 Å². The maximum Gasteiger partial charge on any atom is 0.144 e. The average molecular weight is 289 g/mol. The average Bonchev–Trinajstić information content (AvgIpc) is 2.23. The first kappa shape index (κ1) is 12.5. The number of hydrogen-bond acceptors (Lipinski definition) is 2. The molecule has 0 aliphatic rings. The molecule has 0 aliphatic carbocycles. The van der Waals surface area contributed by atoms with Gasteiger partial charge in [-0.3, -0.25) is 4.98 Å². The smallest absolute Gasteiger partial charge is 0.144 e. The maximum atomic E-state index is 9.96. The minimum Gasteiger partial charge on any atom is -0.505 e. The summed E-state index contributed by atoms with van der Waals surface area (Å²) in [7, 11) is 0. The highest BCUT2D eigenvalue weighted by molar-refractivity contribution is 6.41. The fourth-order valence-electron chi connectivity index (χ4n) is 1.50. The molecule has 88 valence electrons. The third-order valence-electron chi connectivity index (χ3n) is 2.37. The number of aromatic nitrogens is 1. The molecule has 17 heavy (non-hydrogen) atoms. The number of aromatic hydroxyl groups is 1. The summed E-state index contributed by atoms with van der Waals surface area (Å²) in [5.41, 5.74) is 1.55. The van der Waals surface area contributed by atoms with Crippen LogP contribution in [0.25, 0.3) is 11.3 Å². The van der Waals surface area contributed by atoms with Gasteiger partial charge in [-0.15, -0.1) is 0 Å². The second-order valence-electron chi connectivity index (χ2n) is 3.57. The van der Waals surface area contributed by atoms with Gasteiger partial charge < -0.3 is 5.11 Å². The lowest BCUT2D eigenvalue weighted by molar-refractivity contribution is 0.471. The van der Waals surface area contributed by atoms with Crippen LogP contribution in [0, 0.1) is 6.92 Å². The number of pyridine rings is 1. The van der Waals surface area contributed by atoms with Crippen molar-refractivity contribution in [3.63, 3.8) is 0 Å². The Bertz CT molecular complexity index is 561. The summed E-state index contributed by atoms with van der Waals surface area (Å²) in [5.74, 6) is 0.0682. The van der Waals surface area contributed by atoms with Crippen LogP contribution in [0.3, 0.4) is 0 Å². The Morgan fingerprint density at radius 2 is 1.71 bits per heavy atom. The summed E-state index contributed by atoms with van der Waals surface area (Å²) >= 11 is 18.0. The molecule has 0 bridgehead atoms. The second-order valence-corrected chi connectivity index (χ2v) is 4.82. The Balaban J connectivity index is 2.73. The highest BCUT2D eigenvalue weighted by Crippen LogP contribution is 2.40. The Morgan fingerprint density at radius 1 is 1.12 bits per heavy atom. The molecule has 1 N–H and O–H groups in total. The molecule has 0 spiro atoms. The van der Waals surface area contributed by atoms with Crippen molar-refractivity contribution in [2.24, 2.45) is 0 Å². The van der Waals surface area contributed by atoms with E-state index in [9.17, 15) is 5.11 Å². The SMILES string of the molecule is Cc1ccnc(-c2c(Cl)cc(Cl)cc2Cl)c1O. The number of nitrogens with zero attached hydrogens (tertiary/aromatic N) is 1. The summed E-state index contributed by atoms with van der Waals surface area (Å²) < 4.78 is 0. The largest absolute Gasteiger partial charge is 0.505 e. The molecule has 0 fully saturated rings. The normalized spacial score (nSPS) is 10.6.